The fourth-order valence-corrected chi connectivity index (χ4v) is 5.49. The number of para-hydroxylation sites is 3. The molecule has 0 spiro atoms. The predicted octanol–water partition coefficient (Wildman–Crippen LogP) is 9.68. The van der Waals surface area contributed by atoms with E-state index in [0.717, 1.165) is 72.0 Å². The largest absolute Gasteiger partial charge is 0.456 e. The highest BCUT2D eigenvalue weighted by Crippen LogP contribution is 2.36. The van der Waals surface area contributed by atoms with Crippen LogP contribution < -0.4 is 0 Å². The second kappa shape index (κ2) is 8.64. The van der Waals surface area contributed by atoms with Crippen molar-refractivity contribution in [2.24, 2.45) is 0 Å². The van der Waals surface area contributed by atoms with E-state index >= 15 is 0 Å². The Balaban J connectivity index is 1.29. The Bertz CT molecular complexity index is 2180. The van der Waals surface area contributed by atoms with Gasteiger partial charge in [-0.25, -0.2) is 9.97 Å². The van der Waals surface area contributed by atoms with E-state index in [0.29, 0.717) is 0 Å². The summed E-state index contributed by atoms with van der Waals surface area (Å²) in [6, 6.07) is 46.2. The third kappa shape index (κ3) is 3.67. The molecule has 0 aliphatic carbocycles. The van der Waals surface area contributed by atoms with Gasteiger partial charge < -0.3 is 4.42 Å². The highest BCUT2D eigenvalue weighted by atomic mass is 16.3. The molecule has 0 saturated heterocycles. The Morgan fingerprint density at radius 1 is 0.385 bits per heavy atom. The van der Waals surface area contributed by atoms with Crippen LogP contribution in [0.1, 0.15) is 0 Å². The molecular formula is C36H22N2O. The lowest BCUT2D eigenvalue weighted by molar-refractivity contribution is 0.669. The Morgan fingerprint density at radius 3 is 1.90 bits per heavy atom. The van der Waals surface area contributed by atoms with Gasteiger partial charge in [-0.3, -0.25) is 0 Å². The number of fused-ring (bicyclic) bond motifs is 5. The SMILES string of the molecule is c1ccc(-c2nc3ccccc3nc2-c2cccc(-c3ccc4cc5oc6ccccc6c5cc4c3)c2)cc1. The van der Waals surface area contributed by atoms with Gasteiger partial charge in [0.1, 0.15) is 11.2 Å². The summed E-state index contributed by atoms with van der Waals surface area (Å²) in [6.07, 6.45) is 0. The van der Waals surface area contributed by atoms with Crippen LogP contribution in [0.3, 0.4) is 0 Å². The predicted molar refractivity (Wildman–Crippen MR) is 161 cm³/mol. The van der Waals surface area contributed by atoms with Crippen LogP contribution in [-0.4, -0.2) is 9.97 Å². The van der Waals surface area contributed by atoms with Crippen molar-refractivity contribution in [1.82, 2.24) is 9.97 Å². The first-order chi connectivity index (χ1) is 19.3. The number of furan rings is 1. The van der Waals surface area contributed by atoms with Crippen LogP contribution in [0.2, 0.25) is 0 Å². The van der Waals surface area contributed by atoms with Gasteiger partial charge in [0.15, 0.2) is 0 Å². The third-order valence-corrected chi connectivity index (χ3v) is 7.42. The lowest BCUT2D eigenvalue weighted by Crippen LogP contribution is -1.95. The molecule has 0 N–H and O–H groups in total. The first-order valence-electron chi connectivity index (χ1n) is 13.1. The standard InChI is InChI=1S/C36H22N2O/c1-2-9-23(10-3-1)35-36(38-32-15-6-5-14-31(32)37-35)27-12-8-11-24(19-27)25-17-18-26-22-34-30(21-28(26)20-25)29-13-4-7-16-33(29)39-34/h1-22H. The van der Waals surface area contributed by atoms with Crippen molar-refractivity contribution in [1.29, 1.82) is 0 Å². The summed E-state index contributed by atoms with van der Waals surface area (Å²) in [7, 11) is 0. The normalized spacial score (nSPS) is 11.6. The highest BCUT2D eigenvalue weighted by Gasteiger charge is 2.14. The molecular weight excluding hydrogens is 476 g/mol. The molecule has 0 radical (unpaired) electrons. The minimum Gasteiger partial charge on any atom is -0.456 e. The van der Waals surface area contributed by atoms with Crippen molar-refractivity contribution in [3.63, 3.8) is 0 Å². The minimum absolute atomic E-state index is 0.883. The highest BCUT2D eigenvalue weighted by molar-refractivity contribution is 6.10. The van der Waals surface area contributed by atoms with Gasteiger partial charge in [-0.15, -0.1) is 0 Å². The zero-order valence-corrected chi connectivity index (χ0v) is 21.0. The number of hydrogen-bond acceptors (Lipinski definition) is 3. The van der Waals surface area contributed by atoms with E-state index in [1.54, 1.807) is 0 Å². The van der Waals surface area contributed by atoms with Crippen molar-refractivity contribution in [2.75, 3.05) is 0 Å². The smallest absolute Gasteiger partial charge is 0.136 e. The number of aromatic nitrogens is 2. The molecule has 2 aromatic heterocycles. The van der Waals surface area contributed by atoms with Crippen LogP contribution in [0.25, 0.3) is 77.4 Å². The molecule has 0 atom stereocenters. The Hall–Kier alpha value is -5.28. The van der Waals surface area contributed by atoms with Crippen molar-refractivity contribution in [3.8, 4) is 33.6 Å². The molecule has 2 heterocycles. The van der Waals surface area contributed by atoms with Gasteiger partial charge in [0, 0.05) is 21.9 Å². The summed E-state index contributed by atoms with van der Waals surface area (Å²) < 4.78 is 6.11. The number of benzene rings is 6. The van der Waals surface area contributed by atoms with Gasteiger partial charge in [-0.2, -0.15) is 0 Å². The monoisotopic (exact) mass is 498 g/mol. The van der Waals surface area contributed by atoms with Crippen molar-refractivity contribution in [2.45, 2.75) is 0 Å². The number of hydrogen-bond donors (Lipinski definition) is 0. The van der Waals surface area contributed by atoms with Crippen LogP contribution in [0.5, 0.6) is 0 Å². The first-order valence-corrected chi connectivity index (χ1v) is 13.1. The van der Waals surface area contributed by atoms with Crippen LogP contribution in [0.15, 0.2) is 138 Å². The molecule has 0 amide bonds. The average Bonchev–Trinajstić information content (AvgIpc) is 3.37. The quantitative estimate of drug-likeness (QED) is 0.243. The summed E-state index contributed by atoms with van der Waals surface area (Å²) in [4.78, 5) is 10.1. The summed E-state index contributed by atoms with van der Waals surface area (Å²) in [6.45, 7) is 0. The van der Waals surface area contributed by atoms with Crippen LogP contribution >= 0.6 is 0 Å². The van der Waals surface area contributed by atoms with Gasteiger partial charge in [-0.05, 0) is 64.4 Å². The second-order valence-electron chi connectivity index (χ2n) is 9.86. The van der Waals surface area contributed by atoms with E-state index < -0.39 is 0 Å². The van der Waals surface area contributed by atoms with E-state index in [1.807, 2.05) is 54.6 Å². The Labute approximate surface area is 225 Å². The lowest BCUT2D eigenvalue weighted by Gasteiger charge is -2.12. The van der Waals surface area contributed by atoms with Crippen LogP contribution in [0, 0.1) is 0 Å². The van der Waals surface area contributed by atoms with E-state index in [-0.39, 0.29) is 0 Å². The Morgan fingerprint density at radius 2 is 1.05 bits per heavy atom. The molecule has 8 aromatic rings. The molecule has 8 rings (SSSR count). The maximum Gasteiger partial charge on any atom is 0.136 e. The molecule has 0 unspecified atom stereocenters. The maximum atomic E-state index is 6.11. The molecule has 0 aliphatic rings. The lowest BCUT2D eigenvalue weighted by atomic mass is 9.96. The van der Waals surface area contributed by atoms with Crippen molar-refractivity contribution in [3.05, 3.63) is 133 Å². The molecule has 182 valence electrons. The van der Waals surface area contributed by atoms with E-state index in [1.165, 1.54) is 5.39 Å². The molecule has 6 aromatic carbocycles. The van der Waals surface area contributed by atoms with Crippen LogP contribution in [0.4, 0.5) is 0 Å². The van der Waals surface area contributed by atoms with Gasteiger partial charge >= 0.3 is 0 Å². The maximum absolute atomic E-state index is 6.11. The number of nitrogens with zero attached hydrogens (tertiary/aromatic N) is 2. The van der Waals surface area contributed by atoms with Crippen molar-refractivity contribution < 1.29 is 4.42 Å². The summed E-state index contributed by atoms with van der Waals surface area (Å²) >= 11 is 0. The molecule has 0 saturated carbocycles. The van der Waals surface area contributed by atoms with Crippen LogP contribution in [-0.2, 0) is 0 Å². The number of rotatable bonds is 3. The Kier molecular flexibility index (Phi) is 4.82. The van der Waals surface area contributed by atoms with E-state index in [2.05, 4.69) is 78.9 Å². The third-order valence-electron chi connectivity index (χ3n) is 7.42. The second-order valence-corrected chi connectivity index (χ2v) is 9.86. The molecule has 0 bridgehead atoms. The molecule has 0 aliphatic heterocycles. The van der Waals surface area contributed by atoms with Gasteiger partial charge in [0.25, 0.3) is 0 Å². The van der Waals surface area contributed by atoms with Gasteiger partial charge in [0.2, 0.25) is 0 Å². The van der Waals surface area contributed by atoms with Gasteiger partial charge in [-0.1, -0.05) is 91.0 Å². The first kappa shape index (κ1) is 21.8. The molecule has 3 nitrogen and oxygen atoms in total. The van der Waals surface area contributed by atoms with Gasteiger partial charge in [0.05, 0.1) is 22.4 Å². The topological polar surface area (TPSA) is 38.9 Å². The fraction of sp³-hybridized carbons (Fsp3) is 0. The summed E-state index contributed by atoms with van der Waals surface area (Å²) in [5.41, 5.74) is 9.78. The molecule has 39 heavy (non-hydrogen) atoms. The summed E-state index contributed by atoms with van der Waals surface area (Å²) in [5.74, 6) is 0. The molecule has 0 fully saturated rings. The zero-order valence-electron chi connectivity index (χ0n) is 21.0. The average molecular weight is 499 g/mol. The fourth-order valence-electron chi connectivity index (χ4n) is 5.49. The molecule has 3 heteroatoms. The van der Waals surface area contributed by atoms with E-state index in [9.17, 15) is 0 Å². The van der Waals surface area contributed by atoms with E-state index in [4.69, 9.17) is 14.4 Å². The zero-order chi connectivity index (χ0) is 25.8. The minimum atomic E-state index is 0.883. The van der Waals surface area contributed by atoms with Crippen molar-refractivity contribution >= 4 is 43.7 Å². The summed E-state index contributed by atoms with van der Waals surface area (Å²) in [5, 5.41) is 4.63.